The van der Waals surface area contributed by atoms with Crippen LogP contribution >= 0.6 is 0 Å². The summed E-state index contributed by atoms with van der Waals surface area (Å²) in [6.45, 7) is 7.77. The molecule has 8 heteroatoms. The average Bonchev–Trinajstić information content (AvgIpc) is 3.18. The van der Waals surface area contributed by atoms with E-state index >= 15 is 0 Å². The molecule has 0 bridgehead atoms. The lowest BCUT2D eigenvalue weighted by Gasteiger charge is -2.29. The molecule has 2 heterocycles. The van der Waals surface area contributed by atoms with E-state index in [4.69, 9.17) is 9.26 Å². The Balaban J connectivity index is 1.52. The number of nitrogens with one attached hydrogen (secondary N) is 2. The fraction of sp³-hybridized carbons (Fsp3) is 0.500. The molecule has 1 aromatic carbocycles. The number of aromatic nitrogens is 1. The molecule has 1 aliphatic rings. The highest BCUT2D eigenvalue weighted by Crippen LogP contribution is 2.21. The zero-order chi connectivity index (χ0) is 19.9. The van der Waals surface area contributed by atoms with Crippen LogP contribution in [0.2, 0.25) is 0 Å². The van der Waals surface area contributed by atoms with Crippen molar-refractivity contribution in [2.75, 3.05) is 38.3 Å². The number of hydrogen-bond acceptors (Lipinski definition) is 5. The summed E-state index contributed by atoms with van der Waals surface area (Å²) in [5, 5.41) is 10.4. The van der Waals surface area contributed by atoms with Crippen LogP contribution in [0.5, 0.6) is 0 Å². The van der Waals surface area contributed by atoms with Crippen molar-refractivity contribution in [3.05, 3.63) is 47.1 Å². The second-order valence-corrected chi connectivity index (χ2v) is 7.04. The third-order valence-electron chi connectivity index (χ3n) is 4.65. The third-order valence-corrected chi connectivity index (χ3v) is 4.65. The van der Waals surface area contributed by atoms with Gasteiger partial charge in [0.15, 0.2) is 11.7 Å². The van der Waals surface area contributed by atoms with E-state index in [1.54, 1.807) is 13.1 Å². The summed E-state index contributed by atoms with van der Waals surface area (Å²) in [6, 6.07) is 7.26. The second kappa shape index (κ2) is 9.54. The number of rotatable bonds is 6. The van der Waals surface area contributed by atoms with Crippen molar-refractivity contribution in [3.8, 4) is 0 Å². The number of halogens is 1. The van der Waals surface area contributed by atoms with Crippen LogP contribution in [0, 0.1) is 5.82 Å². The molecule has 1 fully saturated rings. The SMILES string of the molecule is CN=C(NCc1ccc(N2CCOCC2)c(F)c1)NCc1cc(C(C)C)no1. The van der Waals surface area contributed by atoms with Gasteiger partial charge < -0.3 is 24.8 Å². The van der Waals surface area contributed by atoms with Crippen LogP contribution in [0.1, 0.15) is 36.8 Å². The molecule has 7 nitrogen and oxygen atoms in total. The molecule has 1 aromatic heterocycles. The van der Waals surface area contributed by atoms with Gasteiger partial charge in [0.25, 0.3) is 0 Å². The molecule has 2 N–H and O–H groups in total. The van der Waals surface area contributed by atoms with Crippen LogP contribution in [0.3, 0.4) is 0 Å². The number of aliphatic imine (C=N–C) groups is 1. The molecule has 0 saturated carbocycles. The summed E-state index contributed by atoms with van der Waals surface area (Å²) in [4.78, 5) is 6.20. The van der Waals surface area contributed by atoms with Gasteiger partial charge in [-0.3, -0.25) is 4.99 Å². The van der Waals surface area contributed by atoms with Gasteiger partial charge in [-0.05, 0) is 23.6 Å². The third kappa shape index (κ3) is 5.22. The normalized spacial score (nSPS) is 15.2. The first-order chi connectivity index (χ1) is 13.6. The van der Waals surface area contributed by atoms with Gasteiger partial charge in [0.1, 0.15) is 5.82 Å². The summed E-state index contributed by atoms with van der Waals surface area (Å²) in [5.74, 6) is 1.46. The molecule has 3 rings (SSSR count). The van der Waals surface area contributed by atoms with Crippen molar-refractivity contribution in [3.63, 3.8) is 0 Å². The molecule has 28 heavy (non-hydrogen) atoms. The summed E-state index contributed by atoms with van der Waals surface area (Å²) >= 11 is 0. The summed E-state index contributed by atoms with van der Waals surface area (Å²) < 4.78 is 25.1. The predicted molar refractivity (Wildman–Crippen MR) is 107 cm³/mol. The van der Waals surface area contributed by atoms with Crippen LogP contribution in [0.25, 0.3) is 0 Å². The summed E-state index contributed by atoms with van der Waals surface area (Å²) in [6.07, 6.45) is 0. The zero-order valence-corrected chi connectivity index (χ0v) is 16.7. The van der Waals surface area contributed by atoms with E-state index in [0.29, 0.717) is 57.0 Å². The number of morpholine rings is 1. The minimum absolute atomic E-state index is 0.216. The first-order valence-corrected chi connectivity index (χ1v) is 9.58. The topological polar surface area (TPSA) is 74.9 Å². The van der Waals surface area contributed by atoms with E-state index in [1.807, 2.05) is 23.1 Å². The molecular formula is C20H28FN5O2. The fourth-order valence-electron chi connectivity index (χ4n) is 2.98. The molecule has 0 spiro atoms. The number of ether oxygens (including phenoxy) is 1. The molecule has 0 amide bonds. The standard InChI is InChI=1S/C20H28FN5O2/c1-14(2)18-11-16(28-25-18)13-24-20(22-3)23-12-15-4-5-19(17(21)10-15)26-6-8-27-9-7-26/h4-5,10-11,14H,6-9,12-13H2,1-3H3,(H2,22,23,24). The maximum absolute atomic E-state index is 14.5. The van der Waals surface area contributed by atoms with E-state index in [9.17, 15) is 4.39 Å². The largest absolute Gasteiger partial charge is 0.378 e. The van der Waals surface area contributed by atoms with Gasteiger partial charge in [-0.1, -0.05) is 25.1 Å². The Morgan fingerprint density at radius 3 is 2.61 bits per heavy atom. The molecular weight excluding hydrogens is 361 g/mol. The fourth-order valence-corrected chi connectivity index (χ4v) is 2.98. The molecule has 0 radical (unpaired) electrons. The Hall–Kier alpha value is -2.61. The van der Waals surface area contributed by atoms with E-state index in [1.165, 1.54) is 0 Å². The molecule has 1 aliphatic heterocycles. The maximum atomic E-state index is 14.5. The van der Waals surface area contributed by atoms with E-state index in [2.05, 4.69) is 34.6 Å². The molecule has 0 aliphatic carbocycles. The van der Waals surface area contributed by atoms with Gasteiger partial charge in [-0.2, -0.15) is 0 Å². The van der Waals surface area contributed by atoms with Crippen molar-refractivity contribution in [1.82, 2.24) is 15.8 Å². The highest BCUT2D eigenvalue weighted by Gasteiger charge is 2.15. The zero-order valence-electron chi connectivity index (χ0n) is 16.7. The lowest BCUT2D eigenvalue weighted by atomic mass is 10.1. The van der Waals surface area contributed by atoms with Gasteiger partial charge in [-0.15, -0.1) is 0 Å². The number of benzene rings is 1. The molecule has 0 atom stereocenters. The van der Waals surface area contributed by atoms with Crippen molar-refractivity contribution in [2.24, 2.45) is 4.99 Å². The molecule has 152 valence electrons. The predicted octanol–water partition coefficient (Wildman–Crippen LogP) is 2.64. The number of nitrogens with zero attached hydrogens (tertiary/aromatic N) is 3. The Kier molecular flexibility index (Phi) is 6.86. The monoisotopic (exact) mass is 389 g/mol. The van der Waals surface area contributed by atoms with Crippen LogP contribution < -0.4 is 15.5 Å². The van der Waals surface area contributed by atoms with Gasteiger partial charge >= 0.3 is 0 Å². The van der Waals surface area contributed by atoms with Crippen LogP contribution in [0.15, 0.2) is 33.8 Å². The van der Waals surface area contributed by atoms with E-state index in [0.717, 1.165) is 17.0 Å². The summed E-state index contributed by atoms with van der Waals surface area (Å²) in [5.41, 5.74) is 2.40. The van der Waals surface area contributed by atoms with Gasteiger partial charge in [0, 0.05) is 32.7 Å². The number of hydrogen-bond donors (Lipinski definition) is 2. The number of guanidine groups is 1. The highest BCUT2D eigenvalue weighted by molar-refractivity contribution is 5.79. The van der Waals surface area contributed by atoms with Crippen LogP contribution in [-0.2, 0) is 17.8 Å². The van der Waals surface area contributed by atoms with Crippen molar-refractivity contribution < 1.29 is 13.7 Å². The van der Waals surface area contributed by atoms with Crippen molar-refractivity contribution in [1.29, 1.82) is 0 Å². The van der Waals surface area contributed by atoms with E-state index < -0.39 is 0 Å². The van der Waals surface area contributed by atoms with Crippen LogP contribution in [-0.4, -0.2) is 44.5 Å². The average molecular weight is 389 g/mol. The van der Waals surface area contributed by atoms with Gasteiger partial charge in [-0.25, -0.2) is 4.39 Å². The maximum Gasteiger partial charge on any atom is 0.191 e. The highest BCUT2D eigenvalue weighted by atomic mass is 19.1. The first kappa shape index (κ1) is 20.1. The second-order valence-electron chi connectivity index (χ2n) is 7.04. The summed E-state index contributed by atoms with van der Waals surface area (Å²) in [7, 11) is 1.69. The van der Waals surface area contributed by atoms with Gasteiger partial charge in [0.2, 0.25) is 0 Å². The van der Waals surface area contributed by atoms with Gasteiger partial charge in [0.05, 0.1) is 31.1 Å². The smallest absolute Gasteiger partial charge is 0.191 e. The lowest BCUT2D eigenvalue weighted by Crippen LogP contribution is -2.37. The van der Waals surface area contributed by atoms with E-state index in [-0.39, 0.29) is 5.82 Å². The van der Waals surface area contributed by atoms with Crippen LogP contribution in [0.4, 0.5) is 10.1 Å². The lowest BCUT2D eigenvalue weighted by molar-refractivity contribution is 0.122. The Labute approximate surface area is 164 Å². The first-order valence-electron chi connectivity index (χ1n) is 9.58. The molecule has 1 saturated heterocycles. The van der Waals surface area contributed by atoms with Crippen molar-refractivity contribution >= 4 is 11.6 Å². The molecule has 2 aromatic rings. The number of anilines is 1. The molecule has 0 unspecified atom stereocenters. The Bertz CT molecular complexity index is 800. The Morgan fingerprint density at radius 1 is 1.21 bits per heavy atom. The quantitative estimate of drug-likeness (QED) is 0.584. The Morgan fingerprint density at radius 2 is 1.96 bits per heavy atom. The minimum atomic E-state index is -0.216. The minimum Gasteiger partial charge on any atom is -0.378 e. The van der Waals surface area contributed by atoms with Crippen molar-refractivity contribution in [2.45, 2.75) is 32.9 Å².